The fourth-order valence-corrected chi connectivity index (χ4v) is 2.42. The van der Waals surface area contributed by atoms with Crippen LogP contribution < -0.4 is 15.6 Å². The summed E-state index contributed by atoms with van der Waals surface area (Å²) in [6.07, 6.45) is 4.89. The molecule has 0 radical (unpaired) electrons. The van der Waals surface area contributed by atoms with Crippen molar-refractivity contribution in [3.8, 4) is 5.75 Å². The summed E-state index contributed by atoms with van der Waals surface area (Å²) in [5.41, 5.74) is 2.12. The van der Waals surface area contributed by atoms with Crippen LogP contribution in [0.15, 0.2) is 71.9 Å². The van der Waals surface area contributed by atoms with Gasteiger partial charge in [0.2, 0.25) is 5.56 Å². The van der Waals surface area contributed by atoms with Crippen molar-refractivity contribution in [1.29, 1.82) is 0 Å². The van der Waals surface area contributed by atoms with Crippen molar-refractivity contribution < 1.29 is 9.53 Å². The Morgan fingerprint density at radius 1 is 1.19 bits per heavy atom. The van der Waals surface area contributed by atoms with Gasteiger partial charge in [-0.25, -0.2) is 0 Å². The van der Waals surface area contributed by atoms with Gasteiger partial charge in [0.1, 0.15) is 12.4 Å². The van der Waals surface area contributed by atoms with Crippen LogP contribution in [-0.2, 0) is 6.61 Å². The SMILES string of the molecule is C[C@@H](NC(=O)c1ccc(=O)[nH]c1)c1ccc(OCc2cccnc2)cc1. The molecule has 0 unspecified atom stereocenters. The Bertz CT molecular complexity index is 901. The smallest absolute Gasteiger partial charge is 0.253 e. The number of aromatic amines is 1. The van der Waals surface area contributed by atoms with E-state index in [1.54, 1.807) is 12.4 Å². The molecule has 0 aliphatic rings. The molecular formula is C20H19N3O3. The average Bonchev–Trinajstić information content (AvgIpc) is 2.68. The number of ether oxygens (including phenoxy) is 1. The Morgan fingerprint density at radius 2 is 2.00 bits per heavy atom. The molecule has 6 heteroatoms. The normalized spacial score (nSPS) is 11.6. The molecular weight excluding hydrogens is 330 g/mol. The van der Waals surface area contributed by atoms with E-state index in [-0.39, 0.29) is 17.5 Å². The van der Waals surface area contributed by atoms with Crippen LogP contribution in [0.3, 0.4) is 0 Å². The number of rotatable bonds is 6. The summed E-state index contributed by atoms with van der Waals surface area (Å²) >= 11 is 0. The molecule has 2 aromatic heterocycles. The van der Waals surface area contributed by atoms with E-state index in [1.807, 2.05) is 43.3 Å². The molecule has 0 aliphatic carbocycles. The second-order valence-electron chi connectivity index (χ2n) is 5.86. The summed E-state index contributed by atoms with van der Waals surface area (Å²) in [4.78, 5) is 29.8. The predicted molar refractivity (Wildman–Crippen MR) is 98.0 cm³/mol. The third-order valence-electron chi connectivity index (χ3n) is 3.90. The number of carbonyl (C=O) groups excluding carboxylic acids is 1. The molecule has 0 saturated carbocycles. The number of aromatic nitrogens is 2. The maximum atomic E-state index is 12.2. The topological polar surface area (TPSA) is 84.1 Å². The van der Waals surface area contributed by atoms with E-state index in [9.17, 15) is 9.59 Å². The van der Waals surface area contributed by atoms with Crippen LogP contribution >= 0.6 is 0 Å². The Labute approximate surface area is 150 Å². The maximum Gasteiger partial charge on any atom is 0.253 e. The summed E-state index contributed by atoms with van der Waals surface area (Å²) in [5, 5.41) is 2.90. The molecule has 1 amide bonds. The summed E-state index contributed by atoms with van der Waals surface area (Å²) < 4.78 is 5.73. The number of H-pyrrole nitrogens is 1. The number of nitrogens with one attached hydrogen (secondary N) is 2. The minimum atomic E-state index is -0.245. The van der Waals surface area contributed by atoms with Gasteiger partial charge in [0.05, 0.1) is 11.6 Å². The molecule has 1 aromatic carbocycles. The van der Waals surface area contributed by atoms with Crippen molar-refractivity contribution >= 4 is 5.91 Å². The Balaban J connectivity index is 1.58. The summed E-state index contributed by atoms with van der Waals surface area (Å²) in [6.45, 7) is 2.35. The van der Waals surface area contributed by atoms with Gasteiger partial charge in [0.15, 0.2) is 0 Å². The number of amides is 1. The molecule has 0 fully saturated rings. The highest BCUT2D eigenvalue weighted by molar-refractivity contribution is 5.94. The van der Waals surface area contributed by atoms with E-state index < -0.39 is 0 Å². The Hall–Kier alpha value is -3.41. The Morgan fingerprint density at radius 3 is 2.65 bits per heavy atom. The molecule has 3 aromatic rings. The zero-order valence-corrected chi connectivity index (χ0v) is 14.3. The number of pyridine rings is 2. The summed E-state index contributed by atoms with van der Waals surface area (Å²) in [5.74, 6) is 0.502. The Kier molecular flexibility index (Phi) is 5.43. The van der Waals surface area contributed by atoms with Crippen molar-refractivity contribution in [2.24, 2.45) is 0 Å². The highest BCUT2D eigenvalue weighted by atomic mass is 16.5. The molecule has 6 nitrogen and oxygen atoms in total. The number of hydrogen-bond donors (Lipinski definition) is 2. The van der Waals surface area contributed by atoms with Gasteiger partial charge in [-0.15, -0.1) is 0 Å². The second kappa shape index (κ2) is 8.11. The van der Waals surface area contributed by atoms with Crippen LogP contribution in [-0.4, -0.2) is 15.9 Å². The van der Waals surface area contributed by atoms with Crippen molar-refractivity contribution in [3.05, 3.63) is 94.2 Å². The third kappa shape index (κ3) is 4.57. The summed E-state index contributed by atoms with van der Waals surface area (Å²) in [7, 11) is 0. The van der Waals surface area contributed by atoms with Gasteiger partial charge >= 0.3 is 0 Å². The lowest BCUT2D eigenvalue weighted by atomic mass is 10.1. The third-order valence-corrected chi connectivity index (χ3v) is 3.90. The quantitative estimate of drug-likeness (QED) is 0.717. The van der Waals surface area contributed by atoms with Gasteiger partial charge in [-0.05, 0) is 36.8 Å². The summed E-state index contributed by atoms with van der Waals surface area (Å²) in [6, 6.07) is 14.0. The average molecular weight is 349 g/mol. The number of benzene rings is 1. The lowest BCUT2D eigenvalue weighted by Crippen LogP contribution is -2.27. The maximum absolute atomic E-state index is 12.2. The van der Waals surface area contributed by atoms with Crippen LogP contribution in [0.5, 0.6) is 5.75 Å². The van der Waals surface area contributed by atoms with Gasteiger partial charge in [-0.1, -0.05) is 18.2 Å². The van der Waals surface area contributed by atoms with Crippen molar-refractivity contribution in [3.63, 3.8) is 0 Å². The van der Waals surface area contributed by atoms with E-state index in [4.69, 9.17) is 4.74 Å². The van der Waals surface area contributed by atoms with E-state index in [1.165, 1.54) is 18.3 Å². The fraction of sp³-hybridized carbons (Fsp3) is 0.150. The van der Waals surface area contributed by atoms with Crippen LogP contribution in [0.4, 0.5) is 0 Å². The van der Waals surface area contributed by atoms with Crippen LogP contribution in [0.2, 0.25) is 0 Å². The molecule has 0 saturated heterocycles. The molecule has 0 spiro atoms. The molecule has 3 rings (SSSR count). The molecule has 2 N–H and O–H groups in total. The zero-order chi connectivity index (χ0) is 18.4. The second-order valence-corrected chi connectivity index (χ2v) is 5.86. The first-order chi connectivity index (χ1) is 12.6. The molecule has 1 atom stereocenters. The van der Waals surface area contributed by atoms with Gasteiger partial charge in [0, 0.05) is 30.2 Å². The van der Waals surface area contributed by atoms with Crippen LogP contribution in [0.1, 0.15) is 34.5 Å². The lowest BCUT2D eigenvalue weighted by molar-refractivity contribution is 0.0939. The van der Waals surface area contributed by atoms with Crippen molar-refractivity contribution in [2.45, 2.75) is 19.6 Å². The van der Waals surface area contributed by atoms with Crippen LogP contribution in [0, 0.1) is 0 Å². The lowest BCUT2D eigenvalue weighted by Gasteiger charge is -2.15. The van der Waals surface area contributed by atoms with E-state index >= 15 is 0 Å². The highest BCUT2D eigenvalue weighted by Gasteiger charge is 2.11. The van der Waals surface area contributed by atoms with Gasteiger partial charge in [-0.3, -0.25) is 14.6 Å². The van der Waals surface area contributed by atoms with Gasteiger partial charge in [-0.2, -0.15) is 0 Å². The van der Waals surface area contributed by atoms with Crippen molar-refractivity contribution in [2.75, 3.05) is 0 Å². The fourth-order valence-electron chi connectivity index (χ4n) is 2.42. The first-order valence-corrected chi connectivity index (χ1v) is 8.23. The van der Waals surface area contributed by atoms with Gasteiger partial charge < -0.3 is 15.0 Å². The predicted octanol–water partition coefficient (Wildman–Crippen LogP) is 2.84. The highest BCUT2D eigenvalue weighted by Crippen LogP contribution is 2.19. The van der Waals surface area contributed by atoms with E-state index in [2.05, 4.69) is 15.3 Å². The number of nitrogens with zero attached hydrogens (tertiary/aromatic N) is 1. The van der Waals surface area contributed by atoms with E-state index in [0.29, 0.717) is 12.2 Å². The molecule has 0 bridgehead atoms. The first-order valence-electron chi connectivity index (χ1n) is 8.23. The van der Waals surface area contributed by atoms with Crippen LogP contribution in [0.25, 0.3) is 0 Å². The molecule has 26 heavy (non-hydrogen) atoms. The number of hydrogen-bond acceptors (Lipinski definition) is 4. The van der Waals surface area contributed by atoms with Gasteiger partial charge in [0.25, 0.3) is 5.91 Å². The first kappa shape index (κ1) is 17.4. The molecule has 0 aliphatic heterocycles. The number of carbonyl (C=O) groups is 1. The zero-order valence-electron chi connectivity index (χ0n) is 14.3. The largest absolute Gasteiger partial charge is 0.489 e. The van der Waals surface area contributed by atoms with E-state index in [0.717, 1.165) is 16.9 Å². The monoisotopic (exact) mass is 349 g/mol. The minimum absolute atomic E-state index is 0.179. The minimum Gasteiger partial charge on any atom is -0.489 e. The standard InChI is InChI=1S/C20H19N3O3/c1-14(23-20(25)17-6-9-19(24)22-12-17)16-4-7-18(8-5-16)26-13-15-3-2-10-21-11-15/h2-12,14H,13H2,1H3,(H,22,24)(H,23,25)/t14-/m1/s1. The molecule has 2 heterocycles. The molecule has 132 valence electrons. The van der Waals surface area contributed by atoms with Crippen molar-refractivity contribution in [1.82, 2.24) is 15.3 Å².